The van der Waals surface area contributed by atoms with E-state index in [1.54, 1.807) is 36.4 Å². The van der Waals surface area contributed by atoms with Crippen molar-refractivity contribution in [1.82, 2.24) is 0 Å². The maximum Gasteiger partial charge on any atom is 0.264 e. The molecule has 0 aromatic heterocycles. The van der Waals surface area contributed by atoms with E-state index < -0.39 is 15.9 Å². The molecule has 6 heteroatoms. The zero-order valence-corrected chi connectivity index (χ0v) is 19.4. The summed E-state index contributed by atoms with van der Waals surface area (Å²) in [6, 6.07) is 18.0. The largest absolute Gasteiger partial charge is 0.324 e. The molecule has 0 aliphatic heterocycles. The summed E-state index contributed by atoms with van der Waals surface area (Å²) in [6.45, 7) is 9.23. The molecule has 3 rings (SSSR count). The zero-order valence-electron chi connectivity index (χ0n) is 18.6. The van der Waals surface area contributed by atoms with Crippen molar-refractivity contribution in [3.8, 4) is 0 Å². The first kappa shape index (κ1) is 22.6. The van der Waals surface area contributed by atoms with Crippen molar-refractivity contribution in [2.24, 2.45) is 0 Å². The standard InChI is InChI=1S/C25H28N2O3S/c1-17-7-10-23(11-8-17)31(29,30)27(22-13-19(3)12-20(4)14-22)16-25(28)26-24-15-18(2)6-9-21(24)5/h6-15H,16H2,1-5H3,(H,26,28). The van der Waals surface area contributed by atoms with Crippen LogP contribution in [-0.4, -0.2) is 20.9 Å². The Bertz CT molecular complexity index is 1200. The number of anilines is 2. The van der Waals surface area contributed by atoms with Crippen molar-refractivity contribution in [2.75, 3.05) is 16.2 Å². The molecular weight excluding hydrogens is 408 g/mol. The molecule has 0 saturated carbocycles. The molecule has 3 aromatic carbocycles. The molecule has 0 unspecified atom stereocenters. The van der Waals surface area contributed by atoms with E-state index in [0.29, 0.717) is 11.4 Å². The average molecular weight is 437 g/mol. The molecule has 0 aliphatic rings. The minimum atomic E-state index is -3.94. The Kier molecular flexibility index (Phi) is 6.51. The highest BCUT2D eigenvalue weighted by Gasteiger charge is 2.27. The molecule has 0 radical (unpaired) electrons. The maximum atomic E-state index is 13.5. The molecular formula is C25H28N2O3S. The minimum absolute atomic E-state index is 0.150. The fourth-order valence-corrected chi connectivity index (χ4v) is 4.84. The average Bonchev–Trinajstić information content (AvgIpc) is 2.68. The number of nitrogens with zero attached hydrogens (tertiary/aromatic N) is 1. The maximum absolute atomic E-state index is 13.5. The number of benzene rings is 3. The number of sulfonamides is 1. The Morgan fingerprint density at radius 3 is 1.97 bits per heavy atom. The van der Waals surface area contributed by atoms with Gasteiger partial charge in [0.2, 0.25) is 5.91 Å². The van der Waals surface area contributed by atoms with Crippen molar-refractivity contribution >= 4 is 27.3 Å². The first-order chi connectivity index (χ1) is 14.6. The van der Waals surface area contributed by atoms with Gasteiger partial charge in [-0.1, -0.05) is 35.9 Å². The molecule has 3 aromatic rings. The summed E-state index contributed by atoms with van der Waals surface area (Å²) in [7, 11) is -3.94. The summed E-state index contributed by atoms with van der Waals surface area (Å²) in [4.78, 5) is 13.1. The number of rotatable bonds is 6. The van der Waals surface area contributed by atoms with Gasteiger partial charge in [-0.05, 0) is 87.2 Å². The Morgan fingerprint density at radius 1 is 0.774 bits per heavy atom. The van der Waals surface area contributed by atoms with Crippen LogP contribution >= 0.6 is 0 Å². The quantitative estimate of drug-likeness (QED) is 0.587. The van der Waals surface area contributed by atoms with Gasteiger partial charge in [0.15, 0.2) is 0 Å². The molecule has 1 N–H and O–H groups in total. The van der Waals surface area contributed by atoms with Crippen LogP contribution in [0, 0.1) is 34.6 Å². The van der Waals surface area contributed by atoms with E-state index in [4.69, 9.17) is 0 Å². The van der Waals surface area contributed by atoms with Crippen molar-refractivity contribution < 1.29 is 13.2 Å². The van der Waals surface area contributed by atoms with Gasteiger partial charge in [-0.3, -0.25) is 9.10 Å². The number of carbonyl (C=O) groups is 1. The van der Waals surface area contributed by atoms with Crippen molar-refractivity contribution in [3.63, 3.8) is 0 Å². The second kappa shape index (κ2) is 8.94. The van der Waals surface area contributed by atoms with E-state index >= 15 is 0 Å². The number of hydrogen-bond donors (Lipinski definition) is 1. The number of nitrogens with one attached hydrogen (secondary N) is 1. The minimum Gasteiger partial charge on any atom is -0.324 e. The van der Waals surface area contributed by atoms with Gasteiger partial charge in [0.1, 0.15) is 6.54 Å². The van der Waals surface area contributed by atoms with Crippen molar-refractivity contribution in [1.29, 1.82) is 0 Å². The molecule has 31 heavy (non-hydrogen) atoms. The monoisotopic (exact) mass is 436 g/mol. The molecule has 0 fully saturated rings. The van der Waals surface area contributed by atoms with Crippen LogP contribution in [0.1, 0.15) is 27.8 Å². The lowest BCUT2D eigenvalue weighted by Gasteiger charge is -2.25. The van der Waals surface area contributed by atoms with Crippen LogP contribution in [0.25, 0.3) is 0 Å². The zero-order chi connectivity index (χ0) is 22.8. The van der Waals surface area contributed by atoms with Gasteiger partial charge < -0.3 is 5.32 Å². The lowest BCUT2D eigenvalue weighted by Crippen LogP contribution is -2.38. The van der Waals surface area contributed by atoms with Crippen molar-refractivity contribution in [2.45, 2.75) is 39.5 Å². The number of hydrogen-bond acceptors (Lipinski definition) is 3. The molecule has 162 valence electrons. The van der Waals surface area contributed by atoms with Gasteiger partial charge in [-0.2, -0.15) is 0 Å². The van der Waals surface area contributed by atoms with E-state index in [0.717, 1.165) is 27.8 Å². The molecule has 0 heterocycles. The van der Waals surface area contributed by atoms with E-state index in [1.165, 1.54) is 4.31 Å². The third kappa shape index (κ3) is 5.33. The third-order valence-corrected chi connectivity index (χ3v) is 6.85. The topological polar surface area (TPSA) is 66.5 Å². The van der Waals surface area contributed by atoms with Crippen LogP contribution in [0.2, 0.25) is 0 Å². The number of amides is 1. The van der Waals surface area contributed by atoms with Crippen molar-refractivity contribution in [3.05, 3.63) is 88.5 Å². The first-order valence-corrected chi connectivity index (χ1v) is 11.5. The normalized spacial score (nSPS) is 11.3. The number of aryl methyl sites for hydroxylation is 5. The summed E-state index contributed by atoms with van der Waals surface area (Å²) in [5.74, 6) is -0.399. The van der Waals surface area contributed by atoms with Gasteiger partial charge in [-0.15, -0.1) is 0 Å². The summed E-state index contributed by atoms with van der Waals surface area (Å²) >= 11 is 0. The Morgan fingerprint density at radius 2 is 1.35 bits per heavy atom. The van der Waals surface area contributed by atoms with Gasteiger partial charge in [-0.25, -0.2) is 8.42 Å². The van der Waals surface area contributed by atoms with E-state index in [2.05, 4.69) is 5.32 Å². The second-order valence-electron chi connectivity index (χ2n) is 8.04. The molecule has 0 spiro atoms. The second-order valence-corrected chi connectivity index (χ2v) is 9.90. The van der Waals surface area contributed by atoms with E-state index in [9.17, 15) is 13.2 Å². The van der Waals surface area contributed by atoms with Gasteiger partial charge in [0.05, 0.1) is 10.6 Å². The molecule has 1 amide bonds. The smallest absolute Gasteiger partial charge is 0.264 e. The first-order valence-electron chi connectivity index (χ1n) is 10.1. The van der Waals surface area contributed by atoms with Gasteiger partial charge in [0.25, 0.3) is 10.0 Å². The summed E-state index contributed by atoms with van der Waals surface area (Å²) in [6.07, 6.45) is 0. The molecule has 0 saturated heterocycles. The molecule has 0 atom stereocenters. The van der Waals surface area contributed by atoms with Gasteiger partial charge >= 0.3 is 0 Å². The van der Waals surface area contributed by atoms with Crippen LogP contribution in [0.4, 0.5) is 11.4 Å². The van der Waals surface area contributed by atoms with E-state index in [1.807, 2.05) is 58.9 Å². The lowest BCUT2D eigenvalue weighted by molar-refractivity contribution is -0.114. The summed E-state index contributed by atoms with van der Waals surface area (Å²) in [5.41, 5.74) is 5.89. The van der Waals surface area contributed by atoms with Crippen LogP contribution in [-0.2, 0) is 14.8 Å². The van der Waals surface area contributed by atoms with Crippen LogP contribution in [0.15, 0.2) is 65.6 Å². The van der Waals surface area contributed by atoms with Gasteiger partial charge in [0, 0.05) is 5.69 Å². The molecule has 0 bridgehead atoms. The highest BCUT2D eigenvalue weighted by molar-refractivity contribution is 7.92. The third-order valence-electron chi connectivity index (χ3n) is 5.06. The fraction of sp³-hybridized carbons (Fsp3) is 0.240. The Balaban J connectivity index is 2.00. The van der Waals surface area contributed by atoms with E-state index in [-0.39, 0.29) is 11.4 Å². The lowest BCUT2D eigenvalue weighted by atomic mass is 10.1. The Hall–Kier alpha value is -3.12. The summed E-state index contributed by atoms with van der Waals surface area (Å²) < 4.78 is 28.2. The predicted molar refractivity (Wildman–Crippen MR) is 126 cm³/mol. The highest BCUT2D eigenvalue weighted by atomic mass is 32.2. The fourth-order valence-electron chi connectivity index (χ4n) is 3.44. The van der Waals surface area contributed by atoms with Crippen LogP contribution < -0.4 is 9.62 Å². The molecule has 5 nitrogen and oxygen atoms in total. The highest BCUT2D eigenvalue weighted by Crippen LogP contribution is 2.26. The number of carbonyl (C=O) groups excluding carboxylic acids is 1. The molecule has 0 aliphatic carbocycles. The predicted octanol–water partition coefficient (Wildman–Crippen LogP) is 5.06. The van der Waals surface area contributed by atoms with Crippen LogP contribution in [0.3, 0.4) is 0 Å². The Labute approximate surface area is 184 Å². The SMILES string of the molecule is Cc1ccc(S(=O)(=O)N(CC(=O)Nc2cc(C)ccc2C)c2cc(C)cc(C)c2)cc1. The van der Waals surface area contributed by atoms with Crippen LogP contribution in [0.5, 0.6) is 0 Å². The summed E-state index contributed by atoms with van der Waals surface area (Å²) in [5, 5.41) is 2.87.